The van der Waals surface area contributed by atoms with Gasteiger partial charge in [-0.2, -0.15) is 0 Å². The summed E-state index contributed by atoms with van der Waals surface area (Å²) in [5, 5.41) is 0. The molecule has 0 heterocycles. The first-order chi connectivity index (χ1) is 8.32. The number of hydrogen-bond donors (Lipinski definition) is 0. The SMILES string of the molecule is C=C(C)[C@@H]1C[C@]2(C)C(C)C(=O)C1CC2C(=O)OC. The summed E-state index contributed by atoms with van der Waals surface area (Å²) in [5.74, 6) is 0.133. The summed E-state index contributed by atoms with van der Waals surface area (Å²) in [5.41, 5.74) is 0.789. The molecule has 3 unspecified atom stereocenters. The molecule has 0 aliphatic heterocycles. The maximum Gasteiger partial charge on any atom is 0.309 e. The standard InChI is InChI=1S/C15H22O3/c1-8(2)11-7-15(4)9(3)13(16)10(11)6-12(15)14(17)18-5/h9-12H,1,6-7H2,2-5H3/t9?,10?,11-,12?,15+/m0/s1. The number of rotatable bonds is 2. The molecular weight excluding hydrogens is 228 g/mol. The van der Waals surface area contributed by atoms with Crippen molar-refractivity contribution < 1.29 is 14.3 Å². The van der Waals surface area contributed by atoms with Crippen LogP contribution in [0.25, 0.3) is 0 Å². The van der Waals surface area contributed by atoms with Crippen LogP contribution in [-0.4, -0.2) is 18.9 Å². The number of carbonyl (C=O) groups is 2. The molecule has 3 heteroatoms. The maximum absolute atomic E-state index is 12.4. The van der Waals surface area contributed by atoms with Crippen LogP contribution in [-0.2, 0) is 14.3 Å². The molecule has 0 amide bonds. The zero-order valence-electron chi connectivity index (χ0n) is 11.7. The van der Waals surface area contributed by atoms with Gasteiger partial charge in [-0.05, 0) is 31.1 Å². The topological polar surface area (TPSA) is 43.4 Å². The Morgan fingerprint density at radius 3 is 2.61 bits per heavy atom. The smallest absolute Gasteiger partial charge is 0.309 e. The lowest BCUT2D eigenvalue weighted by Crippen LogP contribution is -2.57. The van der Waals surface area contributed by atoms with E-state index in [2.05, 4.69) is 13.5 Å². The van der Waals surface area contributed by atoms with Gasteiger partial charge in [0.2, 0.25) is 0 Å². The van der Waals surface area contributed by atoms with Crippen molar-refractivity contribution in [2.45, 2.75) is 33.6 Å². The highest BCUT2D eigenvalue weighted by molar-refractivity contribution is 5.89. The molecule has 0 radical (unpaired) electrons. The van der Waals surface area contributed by atoms with Crippen LogP contribution < -0.4 is 0 Å². The van der Waals surface area contributed by atoms with E-state index in [4.69, 9.17) is 4.74 Å². The van der Waals surface area contributed by atoms with E-state index in [-0.39, 0.29) is 35.1 Å². The summed E-state index contributed by atoms with van der Waals surface area (Å²) in [7, 11) is 1.43. The van der Waals surface area contributed by atoms with Gasteiger partial charge in [-0.3, -0.25) is 9.59 Å². The van der Waals surface area contributed by atoms with Crippen molar-refractivity contribution in [1.29, 1.82) is 0 Å². The highest BCUT2D eigenvalue weighted by Crippen LogP contribution is 2.58. The van der Waals surface area contributed by atoms with E-state index in [1.165, 1.54) is 7.11 Å². The van der Waals surface area contributed by atoms with E-state index in [0.29, 0.717) is 12.2 Å². The third kappa shape index (κ3) is 1.63. The molecule has 18 heavy (non-hydrogen) atoms. The molecule has 3 aliphatic rings. The van der Waals surface area contributed by atoms with Crippen LogP contribution in [0.15, 0.2) is 12.2 Å². The van der Waals surface area contributed by atoms with Crippen molar-refractivity contribution in [1.82, 2.24) is 0 Å². The number of methoxy groups -OCH3 is 1. The predicted molar refractivity (Wildman–Crippen MR) is 68.8 cm³/mol. The molecule has 0 saturated heterocycles. The van der Waals surface area contributed by atoms with Gasteiger partial charge in [0.1, 0.15) is 5.78 Å². The van der Waals surface area contributed by atoms with E-state index in [1.807, 2.05) is 13.8 Å². The Morgan fingerprint density at radius 2 is 2.11 bits per heavy atom. The molecule has 0 aromatic carbocycles. The molecular formula is C15H22O3. The largest absolute Gasteiger partial charge is 0.469 e. The van der Waals surface area contributed by atoms with Crippen LogP contribution in [0, 0.1) is 29.1 Å². The van der Waals surface area contributed by atoms with E-state index in [0.717, 1.165) is 12.0 Å². The number of allylic oxidation sites excluding steroid dienone is 1. The number of hydrogen-bond acceptors (Lipinski definition) is 3. The third-order valence-corrected chi connectivity index (χ3v) is 5.33. The fraction of sp³-hybridized carbons (Fsp3) is 0.733. The number of fused-ring (bicyclic) bond motifs is 3. The number of ether oxygens (including phenoxy) is 1. The van der Waals surface area contributed by atoms with Gasteiger partial charge >= 0.3 is 5.97 Å². The molecule has 3 nitrogen and oxygen atoms in total. The van der Waals surface area contributed by atoms with Gasteiger partial charge in [-0.1, -0.05) is 26.0 Å². The van der Waals surface area contributed by atoms with Crippen molar-refractivity contribution >= 4 is 11.8 Å². The molecule has 3 aliphatic carbocycles. The van der Waals surface area contributed by atoms with Gasteiger partial charge in [0.25, 0.3) is 0 Å². The summed E-state index contributed by atoms with van der Waals surface area (Å²) in [6, 6.07) is 0. The van der Waals surface area contributed by atoms with Crippen molar-refractivity contribution in [3.8, 4) is 0 Å². The van der Waals surface area contributed by atoms with E-state index >= 15 is 0 Å². The van der Waals surface area contributed by atoms with E-state index < -0.39 is 0 Å². The third-order valence-electron chi connectivity index (χ3n) is 5.33. The van der Waals surface area contributed by atoms with Gasteiger partial charge in [0.15, 0.2) is 0 Å². The minimum atomic E-state index is -0.275. The van der Waals surface area contributed by atoms with Crippen molar-refractivity contribution in [3.05, 3.63) is 12.2 Å². The lowest BCUT2D eigenvalue weighted by Gasteiger charge is -2.55. The van der Waals surface area contributed by atoms with E-state index in [1.54, 1.807) is 0 Å². The van der Waals surface area contributed by atoms with Crippen LogP contribution in [0.3, 0.4) is 0 Å². The van der Waals surface area contributed by atoms with Crippen LogP contribution in [0.5, 0.6) is 0 Å². The Hall–Kier alpha value is -1.12. The molecule has 2 bridgehead atoms. The lowest BCUT2D eigenvalue weighted by molar-refractivity contribution is -0.169. The molecule has 5 atom stereocenters. The molecule has 0 N–H and O–H groups in total. The Bertz CT molecular complexity index is 412. The highest BCUT2D eigenvalue weighted by atomic mass is 16.5. The lowest BCUT2D eigenvalue weighted by atomic mass is 9.47. The second-order valence-corrected chi connectivity index (χ2v) is 6.20. The number of ketones is 1. The number of esters is 1. The van der Waals surface area contributed by atoms with Crippen LogP contribution in [0.1, 0.15) is 33.6 Å². The highest BCUT2D eigenvalue weighted by Gasteiger charge is 2.59. The zero-order chi connectivity index (χ0) is 13.7. The van der Waals surface area contributed by atoms with Gasteiger partial charge in [-0.25, -0.2) is 0 Å². The Morgan fingerprint density at radius 1 is 1.50 bits per heavy atom. The summed E-state index contributed by atoms with van der Waals surface area (Å²) in [4.78, 5) is 24.3. The monoisotopic (exact) mass is 250 g/mol. The fourth-order valence-corrected chi connectivity index (χ4v) is 3.91. The average molecular weight is 250 g/mol. The van der Waals surface area contributed by atoms with Crippen LogP contribution in [0.2, 0.25) is 0 Å². The van der Waals surface area contributed by atoms with Crippen molar-refractivity contribution in [2.24, 2.45) is 29.1 Å². The van der Waals surface area contributed by atoms with Crippen LogP contribution >= 0.6 is 0 Å². The molecule has 3 rings (SSSR count). The molecule has 3 saturated carbocycles. The quantitative estimate of drug-likeness (QED) is 0.559. The van der Waals surface area contributed by atoms with Gasteiger partial charge < -0.3 is 4.74 Å². The molecule has 0 spiro atoms. The first kappa shape index (κ1) is 13.3. The minimum Gasteiger partial charge on any atom is -0.469 e. The van der Waals surface area contributed by atoms with Crippen molar-refractivity contribution in [2.75, 3.05) is 7.11 Å². The normalized spacial score (nSPS) is 42.8. The summed E-state index contributed by atoms with van der Waals surface area (Å²) in [6.07, 6.45) is 1.50. The molecule has 3 fully saturated rings. The maximum atomic E-state index is 12.4. The average Bonchev–Trinajstić information content (AvgIpc) is 2.33. The Balaban J connectivity index is 2.39. The summed E-state index contributed by atoms with van der Waals surface area (Å²) in [6.45, 7) is 10.0. The number of carbonyl (C=O) groups excluding carboxylic acids is 2. The molecule has 100 valence electrons. The Kier molecular flexibility index (Phi) is 3.12. The predicted octanol–water partition coefficient (Wildman–Crippen LogP) is 2.60. The first-order valence-electron chi connectivity index (χ1n) is 6.60. The second kappa shape index (κ2) is 4.22. The van der Waals surface area contributed by atoms with Gasteiger partial charge in [0.05, 0.1) is 13.0 Å². The van der Waals surface area contributed by atoms with Gasteiger partial charge in [-0.15, -0.1) is 0 Å². The Labute approximate surface area is 109 Å². The van der Waals surface area contributed by atoms with Crippen molar-refractivity contribution in [3.63, 3.8) is 0 Å². The summed E-state index contributed by atoms with van der Waals surface area (Å²) < 4.78 is 4.91. The van der Waals surface area contributed by atoms with Gasteiger partial charge in [0, 0.05) is 11.8 Å². The fourth-order valence-electron chi connectivity index (χ4n) is 3.91. The first-order valence-corrected chi connectivity index (χ1v) is 6.60. The summed E-state index contributed by atoms with van der Waals surface area (Å²) >= 11 is 0. The molecule has 0 aromatic heterocycles. The van der Waals surface area contributed by atoms with Crippen LogP contribution in [0.4, 0.5) is 0 Å². The zero-order valence-corrected chi connectivity index (χ0v) is 11.7. The minimum absolute atomic E-state index is 0.0385. The number of Topliss-reactive ketones (excluding diaryl/α,β-unsaturated/α-hetero) is 1. The molecule has 0 aromatic rings. The second-order valence-electron chi connectivity index (χ2n) is 6.20. The van der Waals surface area contributed by atoms with E-state index in [9.17, 15) is 9.59 Å².